The predicted molar refractivity (Wildman–Crippen MR) is 80.6 cm³/mol. The van der Waals surface area contributed by atoms with Crippen LogP contribution in [0.2, 0.25) is 0 Å². The van der Waals surface area contributed by atoms with Crippen LogP contribution in [-0.4, -0.2) is 40.4 Å². The van der Waals surface area contributed by atoms with E-state index in [0.717, 1.165) is 19.3 Å². The standard InChI is InChI=1S/C16H31NO3/c1-7-14-8-11(2)13(10-18)9-12(3)17(14)15(19)20-16(4,5)6/h11-14,18H,7-10H2,1-6H3. The lowest BCUT2D eigenvalue weighted by molar-refractivity contribution is 0.00601. The van der Waals surface area contributed by atoms with Crippen molar-refractivity contribution < 1.29 is 14.6 Å². The zero-order valence-electron chi connectivity index (χ0n) is 13.8. The summed E-state index contributed by atoms with van der Waals surface area (Å²) in [5.41, 5.74) is -0.469. The molecule has 20 heavy (non-hydrogen) atoms. The van der Waals surface area contributed by atoms with E-state index in [1.54, 1.807) is 0 Å². The summed E-state index contributed by atoms with van der Waals surface area (Å²) in [7, 11) is 0. The van der Waals surface area contributed by atoms with Crippen molar-refractivity contribution in [1.82, 2.24) is 4.90 Å². The first-order valence-electron chi connectivity index (χ1n) is 7.81. The van der Waals surface area contributed by atoms with Gasteiger partial charge in [0.1, 0.15) is 5.60 Å². The molecule has 0 aromatic rings. The fraction of sp³-hybridized carbons (Fsp3) is 0.938. The van der Waals surface area contributed by atoms with Crippen molar-refractivity contribution in [1.29, 1.82) is 0 Å². The molecule has 0 radical (unpaired) electrons. The maximum Gasteiger partial charge on any atom is 0.410 e. The molecule has 1 aliphatic rings. The van der Waals surface area contributed by atoms with Gasteiger partial charge in [0.2, 0.25) is 0 Å². The summed E-state index contributed by atoms with van der Waals surface area (Å²) < 4.78 is 5.56. The molecular weight excluding hydrogens is 254 g/mol. The Balaban J connectivity index is 2.92. The van der Waals surface area contributed by atoms with Gasteiger partial charge in [-0.2, -0.15) is 0 Å². The van der Waals surface area contributed by atoms with E-state index in [1.165, 1.54) is 0 Å². The second kappa shape index (κ2) is 6.79. The van der Waals surface area contributed by atoms with E-state index in [9.17, 15) is 9.90 Å². The van der Waals surface area contributed by atoms with Crippen LogP contribution in [0.15, 0.2) is 0 Å². The second-order valence-corrected chi connectivity index (χ2v) is 7.19. The lowest BCUT2D eigenvalue weighted by Gasteiger charge is -2.36. The summed E-state index contributed by atoms with van der Waals surface area (Å²) >= 11 is 0. The first kappa shape index (κ1) is 17.3. The van der Waals surface area contributed by atoms with Gasteiger partial charge in [-0.15, -0.1) is 0 Å². The van der Waals surface area contributed by atoms with Gasteiger partial charge in [-0.05, 0) is 58.8 Å². The molecule has 1 N–H and O–H groups in total. The Morgan fingerprint density at radius 2 is 1.90 bits per heavy atom. The third-order valence-electron chi connectivity index (χ3n) is 4.27. The maximum absolute atomic E-state index is 12.5. The summed E-state index contributed by atoms with van der Waals surface area (Å²) in [5, 5.41) is 9.54. The minimum Gasteiger partial charge on any atom is -0.444 e. The zero-order valence-corrected chi connectivity index (χ0v) is 13.8. The van der Waals surface area contributed by atoms with Crippen LogP contribution >= 0.6 is 0 Å². The van der Waals surface area contributed by atoms with E-state index < -0.39 is 5.60 Å². The Labute approximate surface area is 123 Å². The van der Waals surface area contributed by atoms with Gasteiger partial charge in [-0.1, -0.05) is 13.8 Å². The Morgan fingerprint density at radius 3 is 2.35 bits per heavy atom. The molecule has 1 fully saturated rings. The van der Waals surface area contributed by atoms with Gasteiger partial charge in [0, 0.05) is 18.7 Å². The van der Waals surface area contributed by atoms with E-state index in [1.807, 2.05) is 25.7 Å². The van der Waals surface area contributed by atoms with Crippen molar-refractivity contribution in [2.24, 2.45) is 11.8 Å². The van der Waals surface area contributed by atoms with Gasteiger partial charge in [0.05, 0.1) is 0 Å². The van der Waals surface area contributed by atoms with Gasteiger partial charge in [-0.25, -0.2) is 4.79 Å². The average Bonchev–Trinajstić information content (AvgIpc) is 2.43. The summed E-state index contributed by atoms with van der Waals surface area (Å²) in [4.78, 5) is 14.4. The summed E-state index contributed by atoms with van der Waals surface area (Å²) in [6.07, 6.45) is 2.48. The fourth-order valence-electron chi connectivity index (χ4n) is 3.14. The highest BCUT2D eigenvalue weighted by Crippen LogP contribution is 2.33. The number of aliphatic hydroxyl groups excluding tert-OH is 1. The van der Waals surface area contributed by atoms with Crippen LogP contribution in [0.3, 0.4) is 0 Å². The SMILES string of the molecule is CCC1CC(C)C(CO)CC(C)N1C(=O)OC(C)(C)C. The first-order chi connectivity index (χ1) is 9.19. The quantitative estimate of drug-likeness (QED) is 0.845. The maximum atomic E-state index is 12.5. The number of aliphatic hydroxyl groups is 1. The van der Waals surface area contributed by atoms with Crippen LogP contribution in [0.4, 0.5) is 4.79 Å². The van der Waals surface area contributed by atoms with Crippen molar-refractivity contribution in [3.63, 3.8) is 0 Å². The summed E-state index contributed by atoms with van der Waals surface area (Å²) in [6.45, 7) is 12.2. The number of nitrogens with zero attached hydrogens (tertiary/aromatic N) is 1. The smallest absolute Gasteiger partial charge is 0.410 e. The van der Waals surface area contributed by atoms with Crippen molar-refractivity contribution >= 4 is 6.09 Å². The molecule has 4 atom stereocenters. The lowest BCUT2D eigenvalue weighted by Crippen LogP contribution is -2.47. The van der Waals surface area contributed by atoms with Gasteiger partial charge in [0.25, 0.3) is 0 Å². The van der Waals surface area contributed by atoms with Crippen LogP contribution in [0, 0.1) is 11.8 Å². The molecule has 0 aromatic carbocycles. The van der Waals surface area contributed by atoms with E-state index in [4.69, 9.17) is 4.74 Å². The first-order valence-corrected chi connectivity index (χ1v) is 7.81. The number of hydrogen-bond acceptors (Lipinski definition) is 3. The lowest BCUT2D eigenvalue weighted by atomic mass is 9.87. The highest BCUT2D eigenvalue weighted by molar-refractivity contribution is 5.69. The minimum atomic E-state index is -0.469. The molecule has 0 spiro atoms. The van der Waals surface area contributed by atoms with Crippen LogP contribution in [0.1, 0.15) is 60.8 Å². The number of ether oxygens (including phenoxy) is 1. The van der Waals surface area contributed by atoms with Crippen LogP contribution in [0.25, 0.3) is 0 Å². The van der Waals surface area contributed by atoms with Crippen molar-refractivity contribution in [3.8, 4) is 0 Å². The van der Waals surface area contributed by atoms with E-state index in [0.29, 0.717) is 5.92 Å². The highest BCUT2D eigenvalue weighted by Gasteiger charge is 2.37. The number of hydrogen-bond donors (Lipinski definition) is 1. The third-order valence-corrected chi connectivity index (χ3v) is 4.27. The minimum absolute atomic E-state index is 0.108. The Morgan fingerprint density at radius 1 is 1.30 bits per heavy atom. The number of carbonyl (C=O) groups is 1. The fourth-order valence-corrected chi connectivity index (χ4v) is 3.14. The van der Waals surface area contributed by atoms with Crippen molar-refractivity contribution in [2.75, 3.05) is 6.61 Å². The Hall–Kier alpha value is -0.770. The number of carbonyl (C=O) groups excluding carboxylic acids is 1. The average molecular weight is 285 g/mol. The molecule has 0 aromatic heterocycles. The molecule has 1 aliphatic heterocycles. The zero-order chi connectivity index (χ0) is 15.5. The number of rotatable bonds is 2. The number of likely N-dealkylation sites (tertiary alicyclic amines) is 1. The molecule has 0 bridgehead atoms. The van der Waals surface area contributed by atoms with Crippen LogP contribution < -0.4 is 0 Å². The summed E-state index contributed by atoms with van der Waals surface area (Å²) in [5.74, 6) is 0.700. The monoisotopic (exact) mass is 285 g/mol. The predicted octanol–water partition coefficient (Wildman–Crippen LogP) is 3.43. The van der Waals surface area contributed by atoms with Gasteiger partial charge in [-0.3, -0.25) is 0 Å². The molecule has 1 amide bonds. The third kappa shape index (κ3) is 4.37. The number of amides is 1. The second-order valence-electron chi connectivity index (χ2n) is 7.19. The van der Waals surface area contributed by atoms with E-state index >= 15 is 0 Å². The molecule has 4 unspecified atom stereocenters. The Bertz CT molecular complexity index is 324. The molecule has 4 heteroatoms. The van der Waals surface area contributed by atoms with Gasteiger partial charge >= 0.3 is 6.09 Å². The van der Waals surface area contributed by atoms with Gasteiger partial charge in [0.15, 0.2) is 0 Å². The van der Waals surface area contributed by atoms with Crippen molar-refractivity contribution in [3.05, 3.63) is 0 Å². The molecule has 0 saturated carbocycles. The highest BCUT2D eigenvalue weighted by atomic mass is 16.6. The molecule has 1 rings (SSSR count). The molecule has 118 valence electrons. The van der Waals surface area contributed by atoms with Crippen LogP contribution in [0.5, 0.6) is 0 Å². The topological polar surface area (TPSA) is 49.8 Å². The van der Waals surface area contributed by atoms with E-state index in [-0.39, 0.29) is 30.7 Å². The molecule has 4 nitrogen and oxygen atoms in total. The molecule has 1 saturated heterocycles. The van der Waals surface area contributed by atoms with Crippen LogP contribution in [-0.2, 0) is 4.74 Å². The summed E-state index contributed by atoms with van der Waals surface area (Å²) in [6, 6.07) is 0.309. The van der Waals surface area contributed by atoms with E-state index in [2.05, 4.69) is 20.8 Å². The van der Waals surface area contributed by atoms with Gasteiger partial charge < -0.3 is 14.7 Å². The normalized spacial score (nSPS) is 31.9. The van der Waals surface area contributed by atoms with Crippen molar-refractivity contribution in [2.45, 2.75) is 78.5 Å². The molecular formula is C16H31NO3. The largest absolute Gasteiger partial charge is 0.444 e. The molecule has 1 heterocycles. The Kier molecular flexibility index (Phi) is 5.87. The molecule has 0 aliphatic carbocycles.